The highest BCUT2D eigenvalue weighted by Gasteiger charge is 2.42. The zero-order chi connectivity index (χ0) is 28.0. The van der Waals surface area contributed by atoms with Crippen LogP contribution in [0, 0.1) is 17.8 Å². The second-order valence-electron chi connectivity index (χ2n) is 12.3. The molecule has 1 fully saturated rings. The summed E-state index contributed by atoms with van der Waals surface area (Å²) in [5, 5.41) is 8.57. The maximum Gasteiger partial charge on any atom is 0.407 e. The van der Waals surface area contributed by atoms with E-state index in [1.54, 1.807) is 6.92 Å². The monoisotopic (exact) mass is 533 g/mol. The number of hydrogen-bond donors (Lipinski definition) is 4. The predicted octanol–water partition coefficient (Wildman–Crippen LogP) is 6.43. The molecule has 1 heterocycles. The Morgan fingerprint density at radius 3 is 2.29 bits per heavy atom. The largest absolute Gasteiger partial charge is 0.450 e. The first-order chi connectivity index (χ1) is 18.0. The number of ether oxygens (including phenoxy) is 1. The molecule has 0 radical (unpaired) electrons. The van der Waals surface area contributed by atoms with E-state index < -0.39 is 6.03 Å². The Morgan fingerprint density at radius 1 is 1.03 bits per heavy atom. The topological polar surface area (TPSA) is 125 Å². The molecule has 216 valence electrons. The molecule has 0 saturated heterocycles. The van der Waals surface area contributed by atoms with Crippen molar-refractivity contribution in [3.8, 4) is 0 Å². The highest BCUT2D eigenvalue weighted by Crippen LogP contribution is 2.45. The molecule has 9 nitrogen and oxygen atoms in total. The molecule has 4 N–H and O–H groups in total. The van der Waals surface area contributed by atoms with E-state index in [1.807, 2.05) is 0 Å². The van der Waals surface area contributed by atoms with Crippen LogP contribution in [0.3, 0.4) is 0 Å². The van der Waals surface area contributed by atoms with Gasteiger partial charge in [0, 0.05) is 24.3 Å². The number of unbranched alkanes of at least 4 members (excludes halogenated alkanes) is 9. The minimum absolute atomic E-state index is 0.00295. The molecule has 3 amide bonds. The van der Waals surface area contributed by atoms with Crippen molar-refractivity contribution in [3.05, 3.63) is 22.1 Å². The lowest BCUT2D eigenvalue weighted by Crippen LogP contribution is -2.51. The molecular formula is C29H51N5O4. The van der Waals surface area contributed by atoms with E-state index in [2.05, 4.69) is 53.6 Å². The van der Waals surface area contributed by atoms with Gasteiger partial charge in [0.2, 0.25) is 5.95 Å². The smallest absolute Gasteiger partial charge is 0.407 e. The molecule has 2 unspecified atom stereocenters. The van der Waals surface area contributed by atoms with Gasteiger partial charge in [-0.25, -0.2) is 14.6 Å². The average molecular weight is 534 g/mol. The molecule has 1 aliphatic carbocycles. The van der Waals surface area contributed by atoms with Crippen molar-refractivity contribution in [2.45, 2.75) is 124 Å². The van der Waals surface area contributed by atoms with Gasteiger partial charge in [-0.2, -0.15) is 0 Å². The minimum Gasteiger partial charge on any atom is -0.450 e. The molecular weight excluding hydrogens is 482 g/mol. The van der Waals surface area contributed by atoms with Gasteiger partial charge in [0.05, 0.1) is 6.61 Å². The normalized spacial score (nSPS) is 20.5. The van der Waals surface area contributed by atoms with Gasteiger partial charge in [-0.1, -0.05) is 85.5 Å². The number of urea groups is 1. The fourth-order valence-corrected chi connectivity index (χ4v) is 5.92. The summed E-state index contributed by atoms with van der Waals surface area (Å²) < 4.78 is 5.47. The number of H-pyrrole nitrogens is 1. The number of amides is 3. The van der Waals surface area contributed by atoms with E-state index in [9.17, 15) is 14.4 Å². The molecule has 0 aromatic carbocycles. The summed E-state index contributed by atoms with van der Waals surface area (Å²) in [6, 6.07) is 0.913. The molecule has 0 spiro atoms. The summed E-state index contributed by atoms with van der Waals surface area (Å²) in [6.45, 7) is 11.3. The third kappa shape index (κ3) is 12.8. The SMILES string of the molecule is CCCCCCCCCCCCOC(=O)NC1CC(C)(C)CC(C)(CNC(=O)Nc2nc(C)cc(=O)[nH]2)C1. The lowest BCUT2D eigenvalue weighted by molar-refractivity contribution is 0.0666. The molecule has 0 bridgehead atoms. The van der Waals surface area contributed by atoms with Gasteiger partial charge in [-0.3, -0.25) is 15.1 Å². The quantitative estimate of drug-likeness (QED) is 0.193. The van der Waals surface area contributed by atoms with Gasteiger partial charge in [-0.05, 0) is 43.4 Å². The van der Waals surface area contributed by atoms with Crippen molar-refractivity contribution < 1.29 is 14.3 Å². The summed E-state index contributed by atoms with van der Waals surface area (Å²) in [5.41, 5.74) is 0.00560. The van der Waals surface area contributed by atoms with Gasteiger partial charge >= 0.3 is 12.1 Å². The van der Waals surface area contributed by atoms with Crippen molar-refractivity contribution in [1.82, 2.24) is 20.6 Å². The highest BCUT2D eigenvalue weighted by molar-refractivity contribution is 5.87. The van der Waals surface area contributed by atoms with Crippen molar-refractivity contribution >= 4 is 18.1 Å². The second kappa shape index (κ2) is 15.7. The number of aromatic nitrogens is 2. The molecule has 2 rings (SSSR count). The fraction of sp³-hybridized carbons (Fsp3) is 0.793. The second-order valence-corrected chi connectivity index (χ2v) is 12.3. The van der Waals surface area contributed by atoms with Crippen LogP contribution in [-0.4, -0.2) is 41.3 Å². The Morgan fingerprint density at radius 2 is 1.66 bits per heavy atom. The lowest BCUT2D eigenvalue weighted by atomic mass is 9.62. The molecule has 1 aromatic rings. The summed E-state index contributed by atoms with van der Waals surface area (Å²) in [5.74, 6) is 0.117. The number of rotatable bonds is 15. The fourth-order valence-electron chi connectivity index (χ4n) is 5.92. The van der Waals surface area contributed by atoms with E-state index in [0.29, 0.717) is 18.8 Å². The maximum atomic E-state index is 12.5. The molecule has 0 aliphatic heterocycles. The van der Waals surface area contributed by atoms with E-state index in [1.165, 1.54) is 57.4 Å². The van der Waals surface area contributed by atoms with Crippen molar-refractivity contribution in [3.63, 3.8) is 0 Å². The zero-order valence-electron chi connectivity index (χ0n) is 24.3. The number of carbonyl (C=O) groups is 2. The van der Waals surface area contributed by atoms with Crippen LogP contribution in [-0.2, 0) is 4.74 Å². The standard InChI is InChI=1S/C29H51N5O4/c1-6-7-8-9-10-11-12-13-14-15-16-38-27(37)32-23-18-28(3,4)20-29(5,19-23)21-30-26(36)34-25-31-22(2)17-24(35)33-25/h17,23H,6-16,18-21H2,1-5H3,(H,32,37)(H3,30,31,33,34,35,36). The van der Waals surface area contributed by atoms with Crippen LogP contribution in [0.4, 0.5) is 15.5 Å². The van der Waals surface area contributed by atoms with E-state index in [-0.39, 0.29) is 34.5 Å². The van der Waals surface area contributed by atoms with Crippen molar-refractivity contribution in [2.75, 3.05) is 18.5 Å². The van der Waals surface area contributed by atoms with Crippen LogP contribution in [0.5, 0.6) is 0 Å². The van der Waals surface area contributed by atoms with Crippen LogP contribution >= 0.6 is 0 Å². The Labute approximate surface area is 228 Å². The third-order valence-electron chi connectivity index (χ3n) is 7.27. The van der Waals surface area contributed by atoms with Crippen LogP contribution in [0.15, 0.2) is 10.9 Å². The van der Waals surface area contributed by atoms with E-state index >= 15 is 0 Å². The Hall–Kier alpha value is -2.58. The van der Waals surface area contributed by atoms with E-state index in [4.69, 9.17) is 4.74 Å². The zero-order valence-corrected chi connectivity index (χ0v) is 24.3. The van der Waals surface area contributed by atoms with Crippen LogP contribution in [0.2, 0.25) is 0 Å². The molecule has 9 heteroatoms. The Balaban J connectivity index is 1.69. The Bertz CT molecular complexity index is 932. The van der Waals surface area contributed by atoms with Gasteiger partial charge in [0.15, 0.2) is 0 Å². The number of nitrogens with zero attached hydrogens (tertiary/aromatic N) is 1. The molecule has 1 saturated carbocycles. The predicted molar refractivity (Wildman–Crippen MR) is 152 cm³/mol. The van der Waals surface area contributed by atoms with Gasteiger partial charge in [0.25, 0.3) is 5.56 Å². The van der Waals surface area contributed by atoms with Crippen LogP contribution in [0.25, 0.3) is 0 Å². The summed E-state index contributed by atoms with van der Waals surface area (Å²) in [7, 11) is 0. The minimum atomic E-state index is -0.427. The van der Waals surface area contributed by atoms with Crippen LogP contribution < -0.4 is 21.5 Å². The molecule has 2 atom stereocenters. The van der Waals surface area contributed by atoms with Crippen LogP contribution in [0.1, 0.15) is 117 Å². The first-order valence-corrected chi connectivity index (χ1v) is 14.6. The first-order valence-electron chi connectivity index (χ1n) is 14.6. The average Bonchev–Trinajstić information content (AvgIpc) is 2.79. The highest BCUT2D eigenvalue weighted by atomic mass is 16.5. The number of nitrogens with one attached hydrogen (secondary N) is 4. The number of hydrogen-bond acceptors (Lipinski definition) is 5. The number of aromatic amines is 1. The number of anilines is 1. The van der Waals surface area contributed by atoms with Gasteiger partial charge in [0.1, 0.15) is 0 Å². The van der Waals surface area contributed by atoms with Crippen molar-refractivity contribution in [1.29, 1.82) is 0 Å². The molecule has 38 heavy (non-hydrogen) atoms. The number of carbonyl (C=O) groups excluding carboxylic acids is 2. The van der Waals surface area contributed by atoms with Gasteiger partial charge < -0.3 is 15.4 Å². The van der Waals surface area contributed by atoms with E-state index in [0.717, 1.165) is 32.1 Å². The van der Waals surface area contributed by atoms with Crippen molar-refractivity contribution in [2.24, 2.45) is 10.8 Å². The third-order valence-corrected chi connectivity index (χ3v) is 7.27. The molecule has 1 aliphatic rings. The number of alkyl carbamates (subject to hydrolysis) is 1. The maximum absolute atomic E-state index is 12.5. The number of aryl methyl sites for hydroxylation is 1. The molecule has 1 aromatic heterocycles. The first kappa shape index (κ1) is 31.6. The van der Waals surface area contributed by atoms with Gasteiger partial charge in [-0.15, -0.1) is 0 Å². The summed E-state index contributed by atoms with van der Waals surface area (Å²) in [4.78, 5) is 43.2. The summed E-state index contributed by atoms with van der Waals surface area (Å²) in [6.07, 6.45) is 14.6. The Kier molecular flexibility index (Phi) is 13.1. The lowest BCUT2D eigenvalue weighted by Gasteiger charge is -2.46. The summed E-state index contributed by atoms with van der Waals surface area (Å²) >= 11 is 0.